The summed E-state index contributed by atoms with van der Waals surface area (Å²) < 4.78 is 0. The van der Waals surface area contributed by atoms with E-state index < -0.39 is 0 Å². The molecule has 106 valence electrons. The quantitative estimate of drug-likeness (QED) is 0.472. The van der Waals surface area contributed by atoms with Gasteiger partial charge >= 0.3 is 0 Å². The van der Waals surface area contributed by atoms with Crippen molar-refractivity contribution >= 4 is 11.9 Å². The molecule has 1 heteroatoms. The number of ketones is 1. The van der Waals surface area contributed by atoms with Gasteiger partial charge in [-0.15, -0.1) is 0 Å². The van der Waals surface area contributed by atoms with Gasteiger partial charge in [0, 0.05) is 5.56 Å². The molecule has 0 amide bonds. The van der Waals surface area contributed by atoms with Gasteiger partial charge in [-0.3, -0.25) is 4.79 Å². The van der Waals surface area contributed by atoms with Crippen LogP contribution in [0, 0.1) is 0 Å². The Morgan fingerprint density at radius 3 is 1.82 bits per heavy atom. The van der Waals surface area contributed by atoms with Gasteiger partial charge in [0.15, 0.2) is 5.78 Å². The van der Waals surface area contributed by atoms with E-state index in [0.29, 0.717) is 5.56 Å². The molecule has 0 unspecified atom stereocenters. The lowest BCUT2D eigenvalue weighted by atomic mass is 10.0. The van der Waals surface area contributed by atoms with Crippen LogP contribution in [0.3, 0.4) is 0 Å². The molecule has 1 nitrogen and oxygen atoms in total. The highest BCUT2D eigenvalue weighted by Crippen LogP contribution is 2.19. The highest BCUT2D eigenvalue weighted by atomic mass is 16.1. The second kappa shape index (κ2) is 6.68. The van der Waals surface area contributed by atoms with Gasteiger partial charge in [-0.1, -0.05) is 91.0 Å². The Hall–Kier alpha value is -2.93. The van der Waals surface area contributed by atoms with Crippen molar-refractivity contribution in [2.24, 2.45) is 0 Å². The van der Waals surface area contributed by atoms with Gasteiger partial charge in [0.2, 0.25) is 0 Å². The predicted molar refractivity (Wildman–Crippen MR) is 91.7 cm³/mol. The van der Waals surface area contributed by atoms with Crippen molar-refractivity contribution < 1.29 is 4.79 Å². The minimum absolute atomic E-state index is 0.0211. The molecular weight excluding hydrogens is 268 g/mol. The fourth-order valence-electron chi connectivity index (χ4n) is 2.29. The van der Waals surface area contributed by atoms with Crippen LogP contribution in [-0.2, 0) is 0 Å². The second-order valence-corrected chi connectivity index (χ2v) is 5.05. The molecule has 0 aliphatic rings. The van der Waals surface area contributed by atoms with E-state index in [9.17, 15) is 4.79 Å². The smallest absolute Gasteiger partial charge is 0.185 e. The molecule has 0 saturated heterocycles. The van der Waals surface area contributed by atoms with E-state index in [2.05, 4.69) is 24.3 Å². The number of allylic oxidation sites excluding steroid dienone is 1. The Balaban J connectivity index is 1.74. The van der Waals surface area contributed by atoms with Crippen LogP contribution in [0.4, 0.5) is 0 Å². The van der Waals surface area contributed by atoms with E-state index in [1.165, 1.54) is 11.1 Å². The molecule has 0 bridgehead atoms. The van der Waals surface area contributed by atoms with E-state index in [1.54, 1.807) is 6.08 Å². The number of hydrogen-bond donors (Lipinski definition) is 0. The first kappa shape index (κ1) is 14.0. The second-order valence-electron chi connectivity index (χ2n) is 5.05. The molecule has 0 N–H and O–H groups in total. The van der Waals surface area contributed by atoms with Crippen LogP contribution in [-0.4, -0.2) is 5.78 Å². The highest BCUT2D eigenvalue weighted by molar-refractivity contribution is 6.06. The maximum Gasteiger partial charge on any atom is 0.185 e. The van der Waals surface area contributed by atoms with Gasteiger partial charge in [0.25, 0.3) is 0 Å². The molecule has 3 aromatic carbocycles. The average Bonchev–Trinajstić information content (AvgIpc) is 2.61. The van der Waals surface area contributed by atoms with Crippen molar-refractivity contribution in [3.63, 3.8) is 0 Å². The third-order valence-electron chi connectivity index (χ3n) is 3.50. The van der Waals surface area contributed by atoms with Gasteiger partial charge in [-0.25, -0.2) is 0 Å². The zero-order valence-electron chi connectivity index (χ0n) is 12.1. The molecular formula is C21H16O. The van der Waals surface area contributed by atoms with Crippen LogP contribution in [0.5, 0.6) is 0 Å². The van der Waals surface area contributed by atoms with Crippen LogP contribution in [0.25, 0.3) is 17.2 Å². The van der Waals surface area contributed by atoms with Crippen molar-refractivity contribution in [1.29, 1.82) is 0 Å². The van der Waals surface area contributed by atoms with E-state index >= 15 is 0 Å². The van der Waals surface area contributed by atoms with Crippen molar-refractivity contribution in [3.05, 3.63) is 102 Å². The molecule has 22 heavy (non-hydrogen) atoms. The Bertz CT molecular complexity index is 769. The van der Waals surface area contributed by atoms with E-state index in [-0.39, 0.29) is 5.78 Å². The first-order valence-electron chi connectivity index (χ1n) is 7.26. The van der Waals surface area contributed by atoms with Gasteiger partial charge < -0.3 is 0 Å². The molecule has 0 saturated carbocycles. The summed E-state index contributed by atoms with van der Waals surface area (Å²) >= 11 is 0. The van der Waals surface area contributed by atoms with Gasteiger partial charge in [0.1, 0.15) is 0 Å². The summed E-state index contributed by atoms with van der Waals surface area (Å²) in [6.45, 7) is 0. The lowest BCUT2D eigenvalue weighted by molar-refractivity contribution is 0.104. The lowest BCUT2D eigenvalue weighted by Crippen LogP contribution is -1.92. The number of carbonyl (C=O) groups is 1. The molecule has 0 aromatic heterocycles. The first-order valence-corrected chi connectivity index (χ1v) is 7.26. The number of benzene rings is 3. The molecule has 0 aliphatic heterocycles. The third-order valence-corrected chi connectivity index (χ3v) is 3.50. The fraction of sp³-hybridized carbons (Fsp3) is 0. The van der Waals surface area contributed by atoms with E-state index in [4.69, 9.17) is 0 Å². The number of carbonyl (C=O) groups excluding carboxylic acids is 1. The third kappa shape index (κ3) is 3.39. The van der Waals surface area contributed by atoms with Crippen LogP contribution in [0.1, 0.15) is 15.9 Å². The topological polar surface area (TPSA) is 17.1 Å². The summed E-state index contributed by atoms with van der Waals surface area (Å²) in [5.41, 5.74) is 4.09. The minimum Gasteiger partial charge on any atom is -0.289 e. The van der Waals surface area contributed by atoms with Crippen LogP contribution >= 0.6 is 0 Å². The Labute approximate surface area is 130 Å². The molecule has 0 fully saturated rings. The normalized spacial score (nSPS) is 10.7. The summed E-state index contributed by atoms with van der Waals surface area (Å²) in [7, 11) is 0. The molecule has 3 aromatic rings. The van der Waals surface area contributed by atoms with E-state index in [1.807, 2.05) is 66.7 Å². The fourth-order valence-corrected chi connectivity index (χ4v) is 2.29. The zero-order valence-corrected chi connectivity index (χ0v) is 12.1. The molecule has 0 spiro atoms. The number of rotatable bonds is 4. The Kier molecular flexibility index (Phi) is 4.26. The summed E-state index contributed by atoms with van der Waals surface area (Å²) in [4.78, 5) is 12.0. The minimum atomic E-state index is 0.0211. The van der Waals surface area contributed by atoms with Crippen LogP contribution in [0.15, 0.2) is 91.0 Å². The molecule has 0 heterocycles. The number of hydrogen-bond acceptors (Lipinski definition) is 1. The Morgan fingerprint density at radius 1 is 0.636 bits per heavy atom. The average molecular weight is 284 g/mol. The highest BCUT2D eigenvalue weighted by Gasteiger charge is 2.00. The maximum absolute atomic E-state index is 12.0. The van der Waals surface area contributed by atoms with E-state index in [0.717, 1.165) is 5.56 Å². The van der Waals surface area contributed by atoms with Crippen molar-refractivity contribution in [2.45, 2.75) is 0 Å². The predicted octanol–water partition coefficient (Wildman–Crippen LogP) is 5.25. The molecule has 3 rings (SSSR count). The Morgan fingerprint density at radius 2 is 1.18 bits per heavy atom. The monoisotopic (exact) mass is 284 g/mol. The largest absolute Gasteiger partial charge is 0.289 e. The van der Waals surface area contributed by atoms with Crippen LogP contribution in [0.2, 0.25) is 0 Å². The van der Waals surface area contributed by atoms with Gasteiger partial charge in [0.05, 0.1) is 0 Å². The van der Waals surface area contributed by atoms with Crippen molar-refractivity contribution in [3.8, 4) is 11.1 Å². The summed E-state index contributed by atoms with van der Waals surface area (Å²) in [6.07, 6.45) is 3.47. The van der Waals surface area contributed by atoms with Crippen molar-refractivity contribution in [2.75, 3.05) is 0 Å². The van der Waals surface area contributed by atoms with Gasteiger partial charge in [-0.05, 0) is 22.8 Å². The summed E-state index contributed by atoms with van der Waals surface area (Å²) in [6, 6.07) is 27.7. The van der Waals surface area contributed by atoms with Gasteiger partial charge in [-0.2, -0.15) is 0 Å². The molecule has 0 aliphatic carbocycles. The summed E-state index contributed by atoms with van der Waals surface area (Å²) in [5.74, 6) is 0.0211. The molecule has 0 atom stereocenters. The van der Waals surface area contributed by atoms with Crippen molar-refractivity contribution in [1.82, 2.24) is 0 Å². The van der Waals surface area contributed by atoms with Crippen LogP contribution < -0.4 is 0 Å². The SMILES string of the molecule is O=C(C=Cc1ccc(-c2ccccc2)cc1)c1ccccc1. The maximum atomic E-state index is 12.0. The zero-order chi connectivity index (χ0) is 15.2. The lowest BCUT2D eigenvalue weighted by Gasteiger charge is -2.01. The standard InChI is InChI=1S/C21H16O/c22-21(20-9-5-2-6-10-20)16-13-17-11-14-19(15-12-17)18-7-3-1-4-8-18/h1-16H. The molecule has 0 radical (unpaired) electrons. The summed E-state index contributed by atoms with van der Waals surface area (Å²) in [5, 5.41) is 0. The first-order chi connectivity index (χ1) is 10.8.